The van der Waals surface area contributed by atoms with E-state index in [0.29, 0.717) is 36.2 Å². The lowest BCUT2D eigenvalue weighted by molar-refractivity contribution is 0.0477. The number of furan rings is 1. The summed E-state index contributed by atoms with van der Waals surface area (Å²) in [7, 11) is 0. The standard InChI is InChI=1S/C22H30N4O3/c1-4-26-20(16-7-8-16)17(11-24-26)21(27)23-12-18-15(3)6-5-9-25(18)22(28)19-10-14(2)13-29-19/h10-11,13,15-16,18H,4-9,12H2,1-3H3,(H,23,27). The first-order valence-electron chi connectivity index (χ1n) is 10.7. The van der Waals surface area contributed by atoms with Gasteiger partial charge in [-0.1, -0.05) is 6.92 Å². The van der Waals surface area contributed by atoms with Crippen molar-refractivity contribution in [3.05, 3.63) is 41.1 Å². The van der Waals surface area contributed by atoms with Crippen molar-refractivity contribution in [3.63, 3.8) is 0 Å². The van der Waals surface area contributed by atoms with Gasteiger partial charge in [0.1, 0.15) is 0 Å². The van der Waals surface area contributed by atoms with E-state index in [0.717, 1.165) is 43.5 Å². The van der Waals surface area contributed by atoms with Crippen LogP contribution in [0.2, 0.25) is 0 Å². The summed E-state index contributed by atoms with van der Waals surface area (Å²) < 4.78 is 7.37. The van der Waals surface area contributed by atoms with E-state index in [4.69, 9.17) is 4.42 Å². The Labute approximate surface area is 171 Å². The Kier molecular flexibility index (Phi) is 5.48. The van der Waals surface area contributed by atoms with Crippen molar-refractivity contribution in [1.82, 2.24) is 20.0 Å². The summed E-state index contributed by atoms with van der Waals surface area (Å²) in [6.07, 6.45) is 7.54. The van der Waals surface area contributed by atoms with Crippen LogP contribution in [0.3, 0.4) is 0 Å². The fraction of sp³-hybridized carbons (Fsp3) is 0.591. The highest BCUT2D eigenvalue weighted by atomic mass is 16.3. The van der Waals surface area contributed by atoms with E-state index < -0.39 is 0 Å². The van der Waals surface area contributed by atoms with Gasteiger partial charge < -0.3 is 14.6 Å². The van der Waals surface area contributed by atoms with Crippen LogP contribution in [-0.4, -0.2) is 45.6 Å². The van der Waals surface area contributed by atoms with Crippen molar-refractivity contribution in [2.75, 3.05) is 13.1 Å². The van der Waals surface area contributed by atoms with Crippen LogP contribution in [0, 0.1) is 12.8 Å². The van der Waals surface area contributed by atoms with Crippen LogP contribution in [0.1, 0.15) is 77.6 Å². The van der Waals surface area contributed by atoms with Crippen molar-refractivity contribution >= 4 is 11.8 Å². The summed E-state index contributed by atoms with van der Waals surface area (Å²) in [6, 6.07) is 1.73. The van der Waals surface area contributed by atoms with Gasteiger partial charge in [-0.15, -0.1) is 0 Å². The Morgan fingerprint density at radius 2 is 2.10 bits per heavy atom. The second kappa shape index (κ2) is 8.05. The minimum absolute atomic E-state index is 0.0452. The van der Waals surface area contributed by atoms with Gasteiger partial charge in [-0.05, 0) is 57.1 Å². The molecule has 2 fully saturated rings. The Balaban J connectivity index is 1.47. The van der Waals surface area contributed by atoms with Crippen LogP contribution in [0.5, 0.6) is 0 Å². The number of nitrogens with one attached hydrogen (secondary N) is 1. The highest BCUT2D eigenvalue weighted by Gasteiger charge is 2.35. The van der Waals surface area contributed by atoms with E-state index in [1.807, 2.05) is 23.4 Å². The van der Waals surface area contributed by atoms with Crippen molar-refractivity contribution in [1.29, 1.82) is 0 Å². The van der Waals surface area contributed by atoms with Gasteiger partial charge in [0, 0.05) is 25.6 Å². The molecule has 156 valence electrons. The first kappa shape index (κ1) is 19.7. The number of likely N-dealkylation sites (tertiary alicyclic amines) is 1. The number of hydrogen-bond acceptors (Lipinski definition) is 4. The molecule has 2 aliphatic rings. The lowest BCUT2D eigenvalue weighted by atomic mass is 9.90. The summed E-state index contributed by atoms with van der Waals surface area (Å²) in [5.41, 5.74) is 2.67. The molecule has 0 bridgehead atoms. The van der Waals surface area contributed by atoms with Gasteiger partial charge in [0.2, 0.25) is 0 Å². The van der Waals surface area contributed by atoms with Crippen molar-refractivity contribution in [2.24, 2.45) is 5.92 Å². The topological polar surface area (TPSA) is 80.4 Å². The van der Waals surface area contributed by atoms with E-state index in [1.54, 1.807) is 18.5 Å². The van der Waals surface area contributed by atoms with E-state index >= 15 is 0 Å². The van der Waals surface area contributed by atoms with Gasteiger partial charge >= 0.3 is 0 Å². The second-order valence-electron chi connectivity index (χ2n) is 8.42. The molecule has 7 heteroatoms. The number of nitrogens with zero attached hydrogens (tertiary/aromatic N) is 3. The first-order chi connectivity index (χ1) is 14.0. The van der Waals surface area contributed by atoms with Crippen LogP contribution >= 0.6 is 0 Å². The molecule has 1 N–H and O–H groups in total. The van der Waals surface area contributed by atoms with E-state index in [-0.39, 0.29) is 17.9 Å². The average Bonchev–Trinajstić information content (AvgIpc) is 3.31. The fourth-order valence-corrected chi connectivity index (χ4v) is 4.40. The molecule has 2 unspecified atom stereocenters. The third-order valence-corrected chi connectivity index (χ3v) is 6.18. The van der Waals surface area contributed by atoms with Crippen LogP contribution in [0.4, 0.5) is 0 Å². The average molecular weight is 399 g/mol. The quantitative estimate of drug-likeness (QED) is 0.809. The highest BCUT2D eigenvalue weighted by Crippen LogP contribution is 2.41. The van der Waals surface area contributed by atoms with Gasteiger partial charge in [0.15, 0.2) is 5.76 Å². The molecule has 1 aliphatic heterocycles. The molecule has 2 atom stereocenters. The number of rotatable bonds is 6. The van der Waals surface area contributed by atoms with Gasteiger partial charge in [-0.25, -0.2) is 0 Å². The Hall–Kier alpha value is -2.57. The zero-order valence-electron chi connectivity index (χ0n) is 17.5. The summed E-state index contributed by atoms with van der Waals surface area (Å²) >= 11 is 0. The second-order valence-corrected chi connectivity index (χ2v) is 8.42. The predicted molar refractivity (Wildman–Crippen MR) is 109 cm³/mol. The first-order valence-corrected chi connectivity index (χ1v) is 10.7. The van der Waals surface area contributed by atoms with Crippen LogP contribution in [-0.2, 0) is 6.54 Å². The molecular weight excluding hydrogens is 368 g/mol. The zero-order valence-corrected chi connectivity index (χ0v) is 17.5. The molecule has 3 heterocycles. The number of carbonyl (C=O) groups excluding carboxylic acids is 2. The molecule has 1 saturated heterocycles. The molecule has 1 saturated carbocycles. The van der Waals surface area contributed by atoms with Crippen LogP contribution in [0.25, 0.3) is 0 Å². The van der Waals surface area contributed by atoms with Crippen molar-refractivity contribution < 1.29 is 14.0 Å². The molecule has 2 aromatic rings. The third-order valence-electron chi connectivity index (χ3n) is 6.18. The lowest BCUT2D eigenvalue weighted by Gasteiger charge is -2.39. The summed E-state index contributed by atoms with van der Waals surface area (Å²) in [4.78, 5) is 27.8. The molecule has 0 aromatic carbocycles. The van der Waals surface area contributed by atoms with E-state index in [9.17, 15) is 9.59 Å². The molecule has 0 radical (unpaired) electrons. The molecule has 1 aliphatic carbocycles. The number of aryl methyl sites for hydroxylation is 2. The van der Waals surface area contributed by atoms with E-state index in [2.05, 4.69) is 17.3 Å². The maximum atomic E-state index is 13.0. The monoisotopic (exact) mass is 398 g/mol. The maximum absolute atomic E-state index is 13.0. The summed E-state index contributed by atoms with van der Waals surface area (Å²) in [6.45, 7) is 7.99. The zero-order chi connectivity index (χ0) is 20.5. The molecule has 0 spiro atoms. The van der Waals surface area contributed by atoms with Gasteiger partial charge in [0.25, 0.3) is 11.8 Å². The smallest absolute Gasteiger partial charge is 0.289 e. The Bertz CT molecular complexity index is 896. The van der Waals surface area contributed by atoms with Gasteiger partial charge in [0.05, 0.1) is 29.8 Å². The molecular formula is C22H30N4O3. The number of amides is 2. The predicted octanol–water partition coefficient (Wildman–Crippen LogP) is 3.35. The number of aromatic nitrogens is 2. The Morgan fingerprint density at radius 3 is 2.76 bits per heavy atom. The number of hydrogen-bond donors (Lipinski definition) is 1. The maximum Gasteiger partial charge on any atom is 0.289 e. The normalized spacial score (nSPS) is 22.0. The summed E-state index contributed by atoms with van der Waals surface area (Å²) in [5, 5.41) is 7.48. The molecule has 4 rings (SSSR count). The van der Waals surface area contributed by atoms with Gasteiger partial charge in [-0.3, -0.25) is 14.3 Å². The Morgan fingerprint density at radius 1 is 1.31 bits per heavy atom. The third kappa shape index (κ3) is 3.95. The van der Waals surface area contributed by atoms with Crippen LogP contribution in [0.15, 0.2) is 22.9 Å². The minimum atomic E-state index is -0.0960. The molecule has 29 heavy (non-hydrogen) atoms. The molecule has 2 amide bonds. The minimum Gasteiger partial charge on any atom is -0.459 e. The van der Waals surface area contributed by atoms with Crippen molar-refractivity contribution in [2.45, 2.75) is 65.0 Å². The SMILES string of the molecule is CCn1ncc(C(=O)NCC2C(C)CCCN2C(=O)c2cc(C)co2)c1C1CC1. The number of piperidine rings is 1. The van der Waals surface area contributed by atoms with Crippen LogP contribution < -0.4 is 5.32 Å². The lowest BCUT2D eigenvalue weighted by Crippen LogP contribution is -2.53. The fourth-order valence-electron chi connectivity index (χ4n) is 4.40. The molecule has 2 aromatic heterocycles. The highest BCUT2D eigenvalue weighted by molar-refractivity contribution is 5.95. The largest absolute Gasteiger partial charge is 0.459 e. The number of carbonyl (C=O) groups is 2. The van der Waals surface area contributed by atoms with Gasteiger partial charge in [-0.2, -0.15) is 5.10 Å². The molecule has 7 nitrogen and oxygen atoms in total. The van der Waals surface area contributed by atoms with E-state index in [1.165, 1.54) is 0 Å². The van der Waals surface area contributed by atoms with Crippen molar-refractivity contribution in [3.8, 4) is 0 Å². The summed E-state index contributed by atoms with van der Waals surface area (Å²) in [5.74, 6) is 0.942.